The number of ether oxygens (including phenoxy) is 2. The quantitative estimate of drug-likeness (QED) is 0.314. The van der Waals surface area contributed by atoms with Gasteiger partial charge in [-0.2, -0.15) is 0 Å². The van der Waals surface area contributed by atoms with Crippen molar-refractivity contribution < 1.29 is 18.8 Å². The molecule has 1 heterocycles. The van der Waals surface area contributed by atoms with E-state index in [0.717, 1.165) is 11.1 Å². The average molecular weight is 417 g/mol. The van der Waals surface area contributed by atoms with Crippen molar-refractivity contribution >= 4 is 16.7 Å². The fourth-order valence-electron chi connectivity index (χ4n) is 3.35. The standard InChI is InChI=1S/C24H19NO6/c1-15-23(17-5-9-19(29-2)10-6-17)24(26)21-12-11-20(13-22(21)31-15)30-14-16-3-7-18(8-4-16)25(27)28/h3-13H,14H2,1-2H3. The zero-order chi connectivity index (χ0) is 22.0. The average Bonchev–Trinajstić information content (AvgIpc) is 2.78. The molecule has 0 atom stereocenters. The van der Waals surface area contributed by atoms with Gasteiger partial charge in [-0.1, -0.05) is 12.1 Å². The van der Waals surface area contributed by atoms with Crippen LogP contribution in [0.2, 0.25) is 0 Å². The molecule has 156 valence electrons. The molecule has 0 aliphatic heterocycles. The van der Waals surface area contributed by atoms with Gasteiger partial charge in [0.25, 0.3) is 5.69 Å². The lowest BCUT2D eigenvalue weighted by Crippen LogP contribution is -2.07. The molecular weight excluding hydrogens is 398 g/mol. The molecule has 0 radical (unpaired) electrons. The highest BCUT2D eigenvalue weighted by atomic mass is 16.6. The molecule has 0 saturated carbocycles. The molecule has 4 aromatic rings. The van der Waals surface area contributed by atoms with Crippen molar-refractivity contribution in [3.05, 3.63) is 98.4 Å². The second kappa shape index (κ2) is 8.31. The van der Waals surface area contributed by atoms with E-state index in [1.54, 1.807) is 56.5 Å². The van der Waals surface area contributed by atoms with Gasteiger partial charge in [0.05, 0.1) is 23.0 Å². The Kier molecular flexibility index (Phi) is 5.41. The van der Waals surface area contributed by atoms with Gasteiger partial charge in [-0.3, -0.25) is 14.9 Å². The van der Waals surface area contributed by atoms with Gasteiger partial charge in [-0.05, 0) is 54.4 Å². The van der Waals surface area contributed by atoms with Gasteiger partial charge in [0.2, 0.25) is 5.43 Å². The monoisotopic (exact) mass is 417 g/mol. The number of hydrogen-bond acceptors (Lipinski definition) is 6. The maximum Gasteiger partial charge on any atom is 0.269 e. The number of nitro benzene ring substituents is 1. The Bertz CT molecular complexity index is 1310. The highest BCUT2D eigenvalue weighted by Crippen LogP contribution is 2.28. The SMILES string of the molecule is COc1ccc(-c2c(C)oc3cc(OCc4ccc([N+](=O)[O-])cc4)ccc3c2=O)cc1. The number of hydrogen-bond donors (Lipinski definition) is 0. The Balaban J connectivity index is 1.60. The third-order valence-electron chi connectivity index (χ3n) is 4.97. The molecule has 0 N–H and O–H groups in total. The van der Waals surface area contributed by atoms with E-state index in [9.17, 15) is 14.9 Å². The molecule has 7 heteroatoms. The normalized spacial score (nSPS) is 10.8. The molecule has 0 aliphatic rings. The van der Waals surface area contributed by atoms with Gasteiger partial charge in [-0.15, -0.1) is 0 Å². The van der Waals surface area contributed by atoms with Crippen LogP contribution in [-0.2, 0) is 6.61 Å². The number of methoxy groups -OCH3 is 1. The minimum Gasteiger partial charge on any atom is -0.497 e. The summed E-state index contributed by atoms with van der Waals surface area (Å²) in [7, 11) is 1.59. The maximum atomic E-state index is 13.1. The Morgan fingerprint density at radius 1 is 0.968 bits per heavy atom. The number of nitro groups is 1. The van der Waals surface area contributed by atoms with Gasteiger partial charge < -0.3 is 13.9 Å². The molecule has 3 aromatic carbocycles. The highest BCUT2D eigenvalue weighted by molar-refractivity contribution is 5.83. The smallest absolute Gasteiger partial charge is 0.269 e. The van der Waals surface area contributed by atoms with Gasteiger partial charge in [0.1, 0.15) is 29.4 Å². The predicted octanol–water partition coefficient (Wildman–Crippen LogP) is 5.26. The summed E-state index contributed by atoms with van der Waals surface area (Å²) in [5, 5.41) is 11.2. The van der Waals surface area contributed by atoms with Crippen LogP contribution in [0, 0.1) is 17.0 Å². The minimum atomic E-state index is -0.446. The molecule has 0 fully saturated rings. The van der Waals surface area contributed by atoms with Crippen LogP contribution in [0.3, 0.4) is 0 Å². The van der Waals surface area contributed by atoms with E-state index in [1.807, 2.05) is 12.1 Å². The largest absolute Gasteiger partial charge is 0.497 e. The second-order valence-electron chi connectivity index (χ2n) is 6.96. The van der Waals surface area contributed by atoms with Crippen LogP contribution in [0.4, 0.5) is 5.69 Å². The first-order chi connectivity index (χ1) is 15.0. The summed E-state index contributed by atoms with van der Waals surface area (Å²) in [4.78, 5) is 23.4. The van der Waals surface area contributed by atoms with Crippen molar-refractivity contribution in [2.24, 2.45) is 0 Å². The zero-order valence-electron chi connectivity index (χ0n) is 17.0. The topological polar surface area (TPSA) is 91.8 Å². The van der Waals surface area contributed by atoms with Crippen molar-refractivity contribution in [3.63, 3.8) is 0 Å². The fraction of sp³-hybridized carbons (Fsp3) is 0.125. The van der Waals surface area contributed by atoms with E-state index in [2.05, 4.69) is 0 Å². The predicted molar refractivity (Wildman–Crippen MR) is 117 cm³/mol. The number of nitrogens with zero attached hydrogens (tertiary/aromatic N) is 1. The van der Waals surface area contributed by atoms with E-state index in [4.69, 9.17) is 13.9 Å². The third kappa shape index (κ3) is 4.11. The van der Waals surface area contributed by atoms with E-state index < -0.39 is 4.92 Å². The Morgan fingerprint density at radius 3 is 2.29 bits per heavy atom. The van der Waals surface area contributed by atoms with Crippen LogP contribution in [0.5, 0.6) is 11.5 Å². The van der Waals surface area contributed by atoms with Crippen molar-refractivity contribution in [1.82, 2.24) is 0 Å². The number of benzene rings is 3. The van der Waals surface area contributed by atoms with Gasteiger partial charge in [-0.25, -0.2) is 0 Å². The summed E-state index contributed by atoms with van der Waals surface area (Å²) in [5.74, 6) is 1.75. The molecule has 7 nitrogen and oxygen atoms in total. The van der Waals surface area contributed by atoms with Crippen LogP contribution in [0.1, 0.15) is 11.3 Å². The third-order valence-corrected chi connectivity index (χ3v) is 4.97. The Morgan fingerprint density at radius 2 is 1.65 bits per heavy atom. The van der Waals surface area contributed by atoms with Crippen molar-refractivity contribution in [1.29, 1.82) is 0 Å². The van der Waals surface area contributed by atoms with Crippen molar-refractivity contribution in [2.45, 2.75) is 13.5 Å². The van der Waals surface area contributed by atoms with E-state index in [1.165, 1.54) is 12.1 Å². The summed E-state index contributed by atoms with van der Waals surface area (Å²) in [5.41, 5.74) is 2.39. The van der Waals surface area contributed by atoms with E-state index in [-0.39, 0.29) is 17.7 Å². The summed E-state index contributed by atoms with van der Waals surface area (Å²) < 4.78 is 16.9. The van der Waals surface area contributed by atoms with Crippen LogP contribution < -0.4 is 14.9 Å². The molecule has 0 spiro atoms. The van der Waals surface area contributed by atoms with Crippen LogP contribution in [0.15, 0.2) is 75.9 Å². The lowest BCUT2D eigenvalue weighted by atomic mass is 10.0. The van der Waals surface area contributed by atoms with Gasteiger partial charge >= 0.3 is 0 Å². The Hall–Kier alpha value is -4.13. The summed E-state index contributed by atoms with van der Waals surface area (Å²) >= 11 is 0. The van der Waals surface area contributed by atoms with E-state index in [0.29, 0.717) is 33.8 Å². The fourth-order valence-corrected chi connectivity index (χ4v) is 3.35. The lowest BCUT2D eigenvalue weighted by Gasteiger charge is -2.10. The van der Waals surface area contributed by atoms with E-state index >= 15 is 0 Å². The molecule has 1 aromatic heterocycles. The van der Waals surface area contributed by atoms with Crippen LogP contribution in [-0.4, -0.2) is 12.0 Å². The second-order valence-corrected chi connectivity index (χ2v) is 6.96. The molecule has 4 rings (SSSR count). The molecule has 0 saturated heterocycles. The summed E-state index contributed by atoms with van der Waals surface area (Å²) in [6.07, 6.45) is 0. The maximum absolute atomic E-state index is 13.1. The molecule has 0 unspecified atom stereocenters. The van der Waals surface area contributed by atoms with Gasteiger partial charge in [0, 0.05) is 18.2 Å². The van der Waals surface area contributed by atoms with Crippen LogP contribution in [0.25, 0.3) is 22.1 Å². The molecular formula is C24H19NO6. The summed E-state index contributed by atoms with van der Waals surface area (Å²) in [6, 6.07) is 18.5. The van der Waals surface area contributed by atoms with Gasteiger partial charge in [0.15, 0.2) is 0 Å². The first-order valence-corrected chi connectivity index (χ1v) is 9.54. The number of rotatable bonds is 6. The molecule has 0 aliphatic carbocycles. The Labute approximate surface area is 177 Å². The number of non-ortho nitro benzene ring substituents is 1. The highest BCUT2D eigenvalue weighted by Gasteiger charge is 2.14. The minimum absolute atomic E-state index is 0.0272. The lowest BCUT2D eigenvalue weighted by molar-refractivity contribution is -0.384. The first-order valence-electron chi connectivity index (χ1n) is 9.54. The number of fused-ring (bicyclic) bond motifs is 1. The molecule has 0 amide bonds. The summed E-state index contributed by atoms with van der Waals surface area (Å²) in [6.45, 7) is 1.99. The number of aryl methyl sites for hydroxylation is 1. The van der Waals surface area contributed by atoms with Crippen LogP contribution >= 0.6 is 0 Å². The van der Waals surface area contributed by atoms with Crippen molar-refractivity contribution in [3.8, 4) is 22.6 Å². The first kappa shape index (κ1) is 20.2. The van der Waals surface area contributed by atoms with Crippen molar-refractivity contribution in [2.75, 3.05) is 7.11 Å². The zero-order valence-corrected chi connectivity index (χ0v) is 17.0. The molecule has 0 bridgehead atoms. The molecule has 31 heavy (non-hydrogen) atoms.